The van der Waals surface area contributed by atoms with E-state index in [2.05, 4.69) is 0 Å². The molecular formula is C7H6N2O7S. The maximum atomic E-state index is 10.8. The second-order valence-corrected chi connectivity index (χ2v) is 4.45. The van der Waals surface area contributed by atoms with Crippen LogP contribution in [-0.2, 0) is 10.1 Å². The quantitative estimate of drug-likeness (QED) is 0.479. The highest BCUT2D eigenvalue weighted by molar-refractivity contribution is 7.85. The van der Waals surface area contributed by atoms with Crippen LogP contribution >= 0.6 is 0 Å². The normalized spacial score (nSPS) is 13.0. The molecule has 17 heavy (non-hydrogen) atoms. The zero-order valence-electron chi connectivity index (χ0n) is 8.09. The van der Waals surface area contributed by atoms with Gasteiger partial charge in [-0.3, -0.25) is 24.8 Å². The van der Waals surface area contributed by atoms with E-state index in [9.17, 15) is 28.6 Å². The molecule has 0 aliphatic rings. The second-order valence-electron chi connectivity index (χ2n) is 2.97. The van der Waals surface area contributed by atoms with Crippen molar-refractivity contribution in [1.82, 2.24) is 0 Å². The van der Waals surface area contributed by atoms with Crippen molar-refractivity contribution in [2.45, 2.75) is 5.37 Å². The Morgan fingerprint density at radius 1 is 1.18 bits per heavy atom. The molecule has 0 aliphatic carbocycles. The van der Waals surface area contributed by atoms with Gasteiger partial charge >= 0.3 is 15.5 Å². The molecule has 1 atom stereocenters. The predicted octanol–water partition coefficient (Wildman–Crippen LogP) is 0.758. The summed E-state index contributed by atoms with van der Waals surface area (Å²) in [5.74, 6) is 0. The smallest absolute Gasteiger partial charge is 0.280 e. The third-order valence-electron chi connectivity index (χ3n) is 1.87. The third kappa shape index (κ3) is 2.73. The molecule has 9 nitrogen and oxygen atoms in total. The Hall–Kier alpha value is -2.07. The monoisotopic (exact) mass is 262 g/mol. The van der Waals surface area contributed by atoms with Crippen LogP contribution in [0.3, 0.4) is 0 Å². The highest BCUT2D eigenvalue weighted by atomic mass is 32.2. The predicted molar refractivity (Wildman–Crippen MR) is 54.4 cm³/mol. The van der Waals surface area contributed by atoms with Crippen molar-refractivity contribution in [2.24, 2.45) is 0 Å². The van der Waals surface area contributed by atoms with Crippen LogP contribution in [0.5, 0.6) is 0 Å². The van der Waals surface area contributed by atoms with Gasteiger partial charge in [0.05, 0.1) is 4.92 Å². The van der Waals surface area contributed by atoms with E-state index in [1.54, 1.807) is 0 Å². The van der Waals surface area contributed by atoms with Gasteiger partial charge in [0.25, 0.3) is 5.69 Å². The van der Waals surface area contributed by atoms with Gasteiger partial charge in [-0.1, -0.05) is 12.1 Å². The zero-order chi connectivity index (χ0) is 13.2. The van der Waals surface area contributed by atoms with Crippen LogP contribution < -0.4 is 0 Å². The molecule has 0 radical (unpaired) electrons. The Bertz CT molecular complexity index is 567. The third-order valence-corrected chi connectivity index (χ3v) is 2.86. The number of nitro groups is 2. The van der Waals surface area contributed by atoms with Crippen molar-refractivity contribution in [3.63, 3.8) is 0 Å². The number of nitrogens with zero attached hydrogens (tertiary/aromatic N) is 2. The molecule has 10 heteroatoms. The molecule has 0 aliphatic heterocycles. The van der Waals surface area contributed by atoms with Gasteiger partial charge < -0.3 is 0 Å². The molecule has 0 saturated heterocycles. The van der Waals surface area contributed by atoms with Gasteiger partial charge in [-0.25, -0.2) is 0 Å². The Morgan fingerprint density at radius 2 is 1.71 bits per heavy atom. The van der Waals surface area contributed by atoms with Gasteiger partial charge in [0.15, 0.2) is 0 Å². The largest absolute Gasteiger partial charge is 0.366 e. The van der Waals surface area contributed by atoms with E-state index < -0.39 is 36.6 Å². The molecule has 0 bridgehead atoms. The maximum absolute atomic E-state index is 10.8. The fraction of sp³-hybridized carbons (Fsp3) is 0.143. The highest BCUT2D eigenvalue weighted by Gasteiger charge is 2.41. The van der Waals surface area contributed by atoms with Crippen LogP contribution in [0.1, 0.15) is 10.9 Å². The van der Waals surface area contributed by atoms with Crippen LogP contribution in [0.15, 0.2) is 24.3 Å². The molecule has 0 spiro atoms. The molecule has 0 aromatic heterocycles. The summed E-state index contributed by atoms with van der Waals surface area (Å²) < 4.78 is 30.4. The van der Waals surface area contributed by atoms with Crippen LogP contribution in [0.2, 0.25) is 0 Å². The van der Waals surface area contributed by atoms with Crippen LogP contribution in [-0.4, -0.2) is 22.8 Å². The Kier molecular flexibility index (Phi) is 3.39. The van der Waals surface area contributed by atoms with E-state index in [4.69, 9.17) is 4.55 Å². The highest BCUT2D eigenvalue weighted by Crippen LogP contribution is 2.30. The number of para-hydroxylation sites is 1. The number of hydrogen-bond donors (Lipinski definition) is 1. The summed E-state index contributed by atoms with van der Waals surface area (Å²) in [6, 6.07) is 4.24. The first-order valence-corrected chi connectivity index (χ1v) is 5.58. The Morgan fingerprint density at radius 3 is 2.12 bits per heavy atom. The van der Waals surface area contributed by atoms with Crippen LogP contribution in [0.4, 0.5) is 5.69 Å². The minimum Gasteiger partial charge on any atom is -0.280 e. The summed E-state index contributed by atoms with van der Waals surface area (Å²) in [5, 5.41) is 18.6. The summed E-state index contributed by atoms with van der Waals surface area (Å²) in [4.78, 5) is 18.9. The summed E-state index contributed by atoms with van der Waals surface area (Å²) >= 11 is 0. The average Bonchev–Trinajstić information content (AvgIpc) is 2.15. The minimum atomic E-state index is -5.08. The summed E-state index contributed by atoms with van der Waals surface area (Å²) in [6.45, 7) is 0. The van der Waals surface area contributed by atoms with E-state index >= 15 is 0 Å². The Labute approximate surface area is 94.7 Å². The van der Waals surface area contributed by atoms with Crippen LogP contribution in [0.25, 0.3) is 0 Å². The summed E-state index contributed by atoms with van der Waals surface area (Å²) in [5.41, 5.74) is -1.43. The molecule has 1 rings (SSSR count). The summed E-state index contributed by atoms with van der Waals surface area (Å²) in [7, 11) is -5.08. The first-order valence-electron chi connectivity index (χ1n) is 4.08. The molecule has 1 N–H and O–H groups in total. The summed E-state index contributed by atoms with van der Waals surface area (Å²) in [6.07, 6.45) is 0. The topological polar surface area (TPSA) is 141 Å². The standard InChI is InChI=1S/C7H6N2O7S/c10-8(11)6-4-2-1-3-5(6)7(9(12)13)17(14,15)16/h1-4,7H,(H,14,15,16). The Balaban J connectivity index is 3.50. The van der Waals surface area contributed by atoms with Crippen molar-refractivity contribution < 1.29 is 22.8 Å². The maximum Gasteiger partial charge on any atom is 0.366 e. The molecular weight excluding hydrogens is 256 g/mol. The molecule has 0 fully saturated rings. The fourth-order valence-corrected chi connectivity index (χ4v) is 1.98. The van der Waals surface area contributed by atoms with E-state index in [0.29, 0.717) is 0 Å². The molecule has 1 unspecified atom stereocenters. The SMILES string of the molecule is O=[N+]([O-])c1ccccc1C([N+](=O)[O-])S(=O)(=O)O. The number of nitro benzene ring substituents is 1. The lowest BCUT2D eigenvalue weighted by Gasteiger charge is -2.06. The number of rotatable bonds is 4. The zero-order valence-corrected chi connectivity index (χ0v) is 8.90. The van der Waals surface area contributed by atoms with Gasteiger partial charge in [0, 0.05) is 11.0 Å². The average molecular weight is 262 g/mol. The van der Waals surface area contributed by atoms with E-state index in [1.165, 1.54) is 12.1 Å². The first kappa shape index (κ1) is 13.0. The van der Waals surface area contributed by atoms with Crippen molar-refractivity contribution in [3.05, 3.63) is 50.1 Å². The van der Waals surface area contributed by atoms with Crippen molar-refractivity contribution >= 4 is 15.8 Å². The molecule has 0 amide bonds. The van der Waals surface area contributed by atoms with Crippen molar-refractivity contribution in [2.75, 3.05) is 0 Å². The van der Waals surface area contributed by atoms with E-state index in [1.807, 2.05) is 0 Å². The van der Waals surface area contributed by atoms with E-state index in [0.717, 1.165) is 12.1 Å². The van der Waals surface area contributed by atoms with Gasteiger partial charge in [-0.05, 0) is 6.07 Å². The molecule has 0 saturated carbocycles. The lowest BCUT2D eigenvalue weighted by atomic mass is 10.2. The molecule has 1 aromatic rings. The fourth-order valence-electron chi connectivity index (χ4n) is 1.25. The molecule has 1 aromatic carbocycles. The van der Waals surface area contributed by atoms with Gasteiger partial charge in [-0.2, -0.15) is 8.42 Å². The van der Waals surface area contributed by atoms with Gasteiger partial charge in [-0.15, -0.1) is 0 Å². The first-order chi connectivity index (χ1) is 7.75. The minimum absolute atomic E-state index is 0.690. The molecule has 92 valence electrons. The number of benzene rings is 1. The van der Waals surface area contributed by atoms with Gasteiger partial charge in [0.1, 0.15) is 5.56 Å². The second kappa shape index (κ2) is 4.43. The lowest BCUT2D eigenvalue weighted by molar-refractivity contribution is -0.505. The molecule has 0 heterocycles. The number of hydrogen-bond acceptors (Lipinski definition) is 6. The van der Waals surface area contributed by atoms with Crippen molar-refractivity contribution in [1.29, 1.82) is 0 Å². The lowest BCUT2D eigenvalue weighted by Crippen LogP contribution is -2.21. The van der Waals surface area contributed by atoms with Gasteiger partial charge in [0.2, 0.25) is 0 Å². The van der Waals surface area contributed by atoms with E-state index in [-0.39, 0.29) is 0 Å². The van der Waals surface area contributed by atoms with Crippen molar-refractivity contribution in [3.8, 4) is 0 Å². The van der Waals surface area contributed by atoms with Crippen LogP contribution in [0, 0.1) is 20.2 Å².